The van der Waals surface area contributed by atoms with Crippen molar-refractivity contribution in [3.63, 3.8) is 0 Å². The van der Waals surface area contributed by atoms with Crippen LogP contribution in [0.5, 0.6) is 0 Å². The Balaban J connectivity index is 3.42. The Morgan fingerprint density at radius 1 is 1.38 bits per heavy atom. The lowest BCUT2D eigenvalue weighted by Gasteiger charge is -2.13. The molecule has 1 unspecified atom stereocenters. The first-order chi connectivity index (χ1) is 7.56. The molecule has 0 rings (SSSR count). The Bertz CT molecular complexity index is 202. The van der Waals surface area contributed by atoms with E-state index in [4.69, 9.17) is 0 Å². The first-order valence-corrected chi connectivity index (χ1v) is 6.17. The topological polar surface area (TPSA) is 41.1 Å². The molecule has 0 radical (unpaired) electrons. The van der Waals surface area contributed by atoms with Gasteiger partial charge in [0.25, 0.3) is 0 Å². The zero-order chi connectivity index (χ0) is 12.4. The van der Waals surface area contributed by atoms with Crippen molar-refractivity contribution in [3.05, 3.63) is 12.7 Å². The molecule has 1 amide bonds. The van der Waals surface area contributed by atoms with E-state index in [1.54, 1.807) is 0 Å². The van der Waals surface area contributed by atoms with E-state index < -0.39 is 0 Å². The number of hydrogen-bond acceptors (Lipinski definition) is 2. The van der Waals surface area contributed by atoms with Gasteiger partial charge in [-0.2, -0.15) is 0 Å². The van der Waals surface area contributed by atoms with Crippen molar-refractivity contribution in [2.75, 3.05) is 13.1 Å². The average molecular weight is 226 g/mol. The van der Waals surface area contributed by atoms with Crippen LogP contribution in [0.3, 0.4) is 0 Å². The van der Waals surface area contributed by atoms with Gasteiger partial charge in [0, 0.05) is 25.6 Å². The second-order valence-electron chi connectivity index (χ2n) is 4.67. The molecule has 0 saturated heterocycles. The molecule has 0 aliphatic rings. The van der Waals surface area contributed by atoms with E-state index in [-0.39, 0.29) is 5.91 Å². The maximum Gasteiger partial charge on any atom is 0.221 e. The summed E-state index contributed by atoms with van der Waals surface area (Å²) in [6.45, 7) is 11.5. The van der Waals surface area contributed by atoms with Crippen LogP contribution in [0.25, 0.3) is 0 Å². The van der Waals surface area contributed by atoms with Crippen LogP contribution >= 0.6 is 0 Å². The van der Waals surface area contributed by atoms with Crippen molar-refractivity contribution in [1.82, 2.24) is 10.6 Å². The van der Waals surface area contributed by atoms with E-state index >= 15 is 0 Å². The van der Waals surface area contributed by atoms with Gasteiger partial charge < -0.3 is 10.6 Å². The minimum absolute atomic E-state index is 0.136. The average Bonchev–Trinajstić information content (AvgIpc) is 2.23. The standard InChI is InChI=1S/C13H26N2O/c1-5-6-7-12(4)14-9-8-13(16)15-10-11(2)3/h5,11-12,14H,1,6-10H2,2-4H3,(H,15,16). The van der Waals surface area contributed by atoms with Crippen molar-refractivity contribution < 1.29 is 4.79 Å². The summed E-state index contributed by atoms with van der Waals surface area (Å²) < 4.78 is 0. The molecular weight excluding hydrogens is 200 g/mol. The highest BCUT2D eigenvalue weighted by molar-refractivity contribution is 5.76. The lowest BCUT2D eigenvalue weighted by atomic mass is 10.2. The van der Waals surface area contributed by atoms with Gasteiger partial charge in [-0.05, 0) is 25.7 Å². The molecular formula is C13H26N2O. The summed E-state index contributed by atoms with van der Waals surface area (Å²) in [6.07, 6.45) is 4.59. The van der Waals surface area contributed by atoms with Gasteiger partial charge in [0.2, 0.25) is 5.91 Å². The van der Waals surface area contributed by atoms with Crippen LogP contribution in [0.1, 0.15) is 40.0 Å². The molecule has 3 nitrogen and oxygen atoms in total. The fourth-order valence-corrected chi connectivity index (χ4v) is 1.31. The van der Waals surface area contributed by atoms with E-state index in [9.17, 15) is 4.79 Å². The molecule has 0 fully saturated rings. The van der Waals surface area contributed by atoms with Gasteiger partial charge in [-0.1, -0.05) is 19.9 Å². The van der Waals surface area contributed by atoms with E-state index in [1.165, 1.54) is 0 Å². The Hall–Kier alpha value is -0.830. The fraction of sp³-hybridized carbons (Fsp3) is 0.769. The van der Waals surface area contributed by atoms with Crippen LogP contribution in [-0.4, -0.2) is 25.0 Å². The van der Waals surface area contributed by atoms with E-state index in [0.717, 1.165) is 25.9 Å². The normalized spacial score (nSPS) is 12.5. The molecule has 0 bridgehead atoms. The SMILES string of the molecule is C=CCCC(C)NCCC(=O)NCC(C)C. The van der Waals surface area contributed by atoms with Crippen LogP contribution in [0, 0.1) is 5.92 Å². The number of amides is 1. The third-order valence-electron chi connectivity index (χ3n) is 2.36. The zero-order valence-corrected chi connectivity index (χ0v) is 10.9. The summed E-state index contributed by atoms with van der Waals surface area (Å²) >= 11 is 0. The number of nitrogens with one attached hydrogen (secondary N) is 2. The third kappa shape index (κ3) is 9.71. The van der Waals surface area contributed by atoms with E-state index in [1.807, 2.05) is 6.08 Å². The largest absolute Gasteiger partial charge is 0.356 e. The Morgan fingerprint density at radius 3 is 2.62 bits per heavy atom. The van der Waals surface area contributed by atoms with Gasteiger partial charge in [-0.3, -0.25) is 4.79 Å². The summed E-state index contributed by atoms with van der Waals surface area (Å²) in [5.74, 6) is 0.653. The third-order valence-corrected chi connectivity index (χ3v) is 2.36. The molecule has 0 aromatic heterocycles. The smallest absolute Gasteiger partial charge is 0.221 e. The number of rotatable bonds is 9. The van der Waals surface area contributed by atoms with Crippen LogP contribution in [0.2, 0.25) is 0 Å². The molecule has 94 valence electrons. The first kappa shape index (κ1) is 15.2. The maximum atomic E-state index is 11.4. The molecule has 1 atom stereocenters. The number of carbonyl (C=O) groups is 1. The van der Waals surface area contributed by atoms with Crippen molar-refractivity contribution in [3.8, 4) is 0 Å². The van der Waals surface area contributed by atoms with Crippen molar-refractivity contribution in [2.24, 2.45) is 5.92 Å². The van der Waals surface area contributed by atoms with Gasteiger partial charge in [-0.15, -0.1) is 6.58 Å². The van der Waals surface area contributed by atoms with Crippen LogP contribution in [-0.2, 0) is 4.79 Å². The molecule has 0 aliphatic carbocycles. The quantitative estimate of drug-likeness (QED) is 0.591. The molecule has 0 aromatic carbocycles. The molecule has 0 spiro atoms. The van der Waals surface area contributed by atoms with Crippen molar-refractivity contribution >= 4 is 5.91 Å². The highest BCUT2D eigenvalue weighted by Crippen LogP contribution is 1.96. The second kappa shape index (κ2) is 9.40. The van der Waals surface area contributed by atoms with E-state index in [0.29, 0.717) is 18.4 Å². The minimum atomic E-state index is 0.136. The number of carbonyl (C=O) groups excluding carboxylic acids is 1. The Kier molecular flexibility index (Phi) is 8.91. The molecule has 0 aromatic rings. The first-order valence-electron chi connectivity index (χ1n) is 6.17. The number of hydrogen-bond donors (Lipinski definition) is 2. The highest BCUT2D eigenvalue weighted by atomic mass is 16.1. The predicted molar refractivity (Wildman–Crippen MR) is 69.4 cm³/mol. The van der Waals surface area contributed by atoms with Crippen LogP contribution in [0.4, 0.5) is 0 Å². The maximum absolute atomic E-state index is 11.4. The summed E-state index contributed by atoms with van der Waals surface area (Å²) in [5.41, 5.74) is 0. The second-order valence-corrected chi connectivity index (χ2v) is 4.67. The lowest BCUT2D eigenvalue weighted by Crippen LogP contribution is -2.33. The fourth-order valence-electron chi connectivity index (χ4n) is 1.31. The molecule has 16 heavy (non-hydrogen) atoms. The molecule has 0 heterocycles. The highest BCUT2D eigenvalue weighted by Gasteiger charge is 2.03. The Labute approximate surface area is 99.7 Å². The summed E-state index contributed by atoms with van der Waals surface area (Å²) in [7, 11) is 0. The minimum Gasteiger partial charge on any atom is -0.356 e. The van der Waals surface area contributed by atoms with Gasteiger partial charge >= 0.3 is 0 Å². The summed E-state index contributed by atoms with van der Waals surface area (Å²) in [6, 6.07) is 0.455. The molecule has 0 aliphatic heterocycles. The zero-order valence-electron chi connectivity index (χ0n) is 10.9. The predicted octanol–water partition coefficient (Wildman–Crippen LogP) is 2.09. The van der Waals surface area contributed by atoms with Crippen molar-refractivity contribution in [2.45, 2.75) is 46.1 Å². The summed E-state index contributed by atoms with van der Waals surface area (Å²) in [4.78, 5) is 11.4. The van der Waals surface area contributed by atoms with Gasteiger partial charge in [-0.25, -0.2) is 0 Å². The van der Waals surface area contributed by atoms with Crippen molar-refractivity contribution in [1.29, 1.82) is 0 Å². The van der Waals surface area contributed by atoms with Gasteiger partial charge in [0.1, 0.15) is 0 Å². The lowest BCUT2D eigenvalue weighted by molar-refractivity contribution is -0.121. The monoisotopic (exact) mass is 226 g/mol. The van der Waals surface area contributed by atoms with Crippen LogP contribution in [0.15, 0.2) is 12.7 Å². The Morgan fingerprint density at radius 2 is 2.06 bits per heavy atom. The van der Waals surface area contributed by atoms with E-state index in [2.05, 4.69) is 38.0 Å². The molecule has 0 saturated carbocycles. The van der Waals surface area contributed by atoms with Gasteiger partial charge in [0.05, 0.1) is 0 Å². The molecule has 3 heteroatoms. The number of allylic oxidation sites excluding steroid dienone is 1. The molecule has 2 N–H and O–H groups in total. The van der Waals surface area contributed by atoms with Gasteiger partial charge in [0.15, 0.2) is 0 Å². The summed E-state index contributed by atoms with van der Waals surface area (Å²) in [5, 5.41) is 6.23. The van der Waals surface area contributed by atoms with Crippen LogP contribution < -0.4 is 10.6 Å².